The van der Waals surface area contributed by atoms with E-state index in [1.165, 1.54) is 0 Å². The molecule has 1 N–H and O–H groups in total. The van der Waals surface area contributed by atoms with Gasteiger partial charge in [0.1, 0.15) is 5.82 Å². The van der Waals surface area contributed by atoms with Crippen LogP contribution in [0.3, 0.4) is 0 Å². The maximum Gasteiger partial charge on any atom is 0.146 e. The normalized spacial score (nSPS) is 17.8. The molecule has 2 rings (SSSR count). The van der Waals surface area contributed by atoms with E-state index >= 15 is 0 Å². The van der Waals surface area contributed by atoms with Crippen molar-refractivity contribution >= 4 is 17.4 Å². The molecule has 0 radical (unpaired) electrons. The first-order chi connectivity index (χ1) is 8.72. The molecule has 0 amide bonds. The zero-order chi connectivity index (χ0) is 13.0. The van der Waals surface area contributed by atoms with Gasteiger partial charge in [-0.05, 0) is 31.2 Å². The summed E-state index contributed by atoms with van der Waals surface area (Å²) in [6, 6.07) is 5.84. The van der Waals surface area contributed by atoms with Crippen molar-refractivity contribution in [1.82, 2.24) is 5.32 Å². The number of rotatable bonds is 4. The van der Waals surface area contributed by atoms with Crippen LogP contribution in [0.2, 0.25) is 0 Å². The third-order valence-corrected chi connectivity index (χ3v) is 4.28. The van der Waals surface area contributed by atoms with E-state index in [1.54, 1.807) is 6.07 Å². The van der Waals surface area contributed by atoms with Gasteiger partial charge >= 0.3 is 0 Å². The van der Waals surface area contributed by atoms with Crippen LogP contribution in [-0.4, -0.2) is 31.1 Å². The van der Waals surface area contributed by atoms with Crippen LogP contribution in [0.15, 0.2) is 18.2 Å². The molecule has 2 nitrogen and oxygen atoms in total. The number of benzene rings is 1. The van der Waals surface area contributed by atoms with Crippen LogP contribution in [-0.2, 0) is 0 Å². The average Bonchev–Trinajstić information content (AvgIpc) is 2.40. The second-order valence-corrected chi connectivity index (χ2v) is 5.81. The topological polar surface area (TPSA) is 15.3 Å². The molecule has 1 aromatic carbocycles. The Kier molecular flexibility index (Phi) is 4.89. The lowest BCUT2D eigenvalue weighted by Gasteiger charge is -2.29. The lowest BCUT2D eigenvalue weighted by Crippen LogP contribution is -2.33. The van der Waals surface area contributed by atoms with E-state index in [9.17, 15) is 4.39 Å². The summed E-state index contributed by atoms with van der Waals surface area (Å²) in [4.78, 5) is 2.15. The number of nitrogens with zero attached hydrogens (tertiary/aromatic N) is 1. The smallest absolute Gasteiger partial charge is 0.146 e. The van der Waals surface area contributed by atoms with Gasteiger partial charge in [0.15, 0.2) is 0 Å². The number of anilines is 1. The van der Waals surface area contributed by atoms with E-state index in [1.807, 2.05) is 23.9 Å². The Morgan fingerprint density at radius 3 is 2.72 bits per heavy atom. The van der Waals surface area contributed by atoms with Gasteiger partial charge < -0.3 is 10.2 Å². The van der Waals surface area contributed by atoms with Crippen molar-refractivity contribution in [2.75, 3.05) is 36.0 Å². The van der Waals surface area contributed by atoms with E-state index in [-0.39, 0.29) is 11.9 Å². The molecular formula is C14H21FN2S. The molecule has 1 aliphatic rings. The molecule has 1 fully saturated rings. The summed E-state index contributed by atoms with van der Waals surface area (Å²) in [6.45, 7) is 6.92. The number of nitrogens with one attached hydrogen (secondary N) is 1. The second kappa shape index (κ2) is 6.43. The molecule has 1 atom stereocenters. The number of hydrogen-bond donors (Lipinski definition) is 1. The Morgan fingerprint density at radius 1 is 1.39 bits per heavy atom. The minimum atomic E-state index is -0.0934. The van der Waals surface area contributed by atoms with Crippen LogP contribution < -0.4 is 10.2 Å². The molecule has 4 heteroatoms. The highest BCUT2D eigenvalue weighted by Gasteiger charge is 2.16. The molecule has 1 heterocycles. The molecule has 1 saturated heterocycles. The molecule has 1 aliphatic heterocycles. The Balaban J connectivity index is 2.13. The molecule has 100 valence electrons. The van der Waals surface area contributed by atoms with Gasteiger partial charge in [-0.3, -0.25) is 0 Å². The van der Waals surface area contributed by atoms with Crippen molar-refractivity contribution in [3.8, 4) is 0 Å². The van der Waals surface area contributed by atoms with Gasteiger partial charge in [-0.2, -0.15) is 11.8 Å². The lowest BCUT2D eigenvalue weighted by molar-refractivity contribution is 0.581. The van der Waals surface area contributed by atoms with Gasteiger partial charge in [0.25, 0.3) is 0 Å². The third-order valence-electron chi connectivity index (χ3n) is 3.33. The SMILES string of the molecule is CCNC(C)c1ccc(N2CCSCC2)c(F)c1. The minimum Gasteiger partial charge on any atom is -0.368 e. The van der Waals surface area contributed by atoms with Gasteiger partial charge in [-0.25, -0.2) is 4.39 Å². The molecule has 18 heavy (non-hydrogen) atoms. The summed E-state index contributed by atoms with van der Waals surface area (Å²) in [6.07, 6.45) is 0. The molecule has 1 unspecified atom stereocenters. The van der Waals surface area contributed by atoms with E-state index in [0.29, 0.717) is 0 Å². The molecule has 0 aliphatic carbocycles. The largest absolute Gasteiger partial charge is 0.368 e. The first kappa shape index (κ1) is 13.7. The van der Waals surface area contributed by atoms with Crippen molar-refractivity contribution in [3.05, 3.63) is 29.6 Å². The van der Waals surface area contributed by atoms with Crippen LogP contribution in [0.5, 0.6) is 0 Å². The van der Waals surface area contributed by atoms with Crippen LogP contribution in [0, 0.1) is 5.82 Å². The standard InChI is InChI=1S/C14H21FN2S/c1-3-16-11(2)12-4-5-14(13(15)10-12)17-6-8-18-9-7-17/h4-5,10-11,16H,3,6-9H2,1-2H3. The predicted octanol–water partition coefficient (Wildman–Crippen LogP) is 3.05. The Labute approximate surface area is 113 Å². The van der Waals surface area contributed by atoms with Gasteiger partial charge in [0.05, 0.1) is 5.69 Å². The molecule has 0 bridgehead atoms. The van der Waals surface area contributed by atoms with Crippen molar-refractivity contribution in [3.63, 3.8) is 0 Å². The summed E-state index contributed by atoms with van der Waals surface area (Å²) >= 11 is 1.94. The Morgan fingerprint density at radius 2 is 2.11 bits per heavy atom. The van der Waals surface area contributed by atoms with Crippen LogP contribution in [0.25, 0.3) is 0 Å². The van der Waals surface area contributed by atoms with Crippen molar-refractivity contribution in [1.29, 1.82) is 0 Å². The van der Waals surface area contributed by atoms with Crippen LogP contribution in [0.1, 0.15) is 25.5 Å². The van der Waals surface area contributed by atoms with Crippen LogP contribution in [0.4, 0.5) is 10.1 Å². The van der Waals surface area contributed by atoms with Crippen LogP contribution >= 0.6 is 11.8 Å². The van der Waals surface area contributed by atoms with Gasteiger partial charge in [-0.1, -0.05) is 13.0 Å². The molecule has 1 aromatic rings. The maximum absolute atomic E-state index is 14.2. The zero-order valence-corrected chi connectivity index (χ0v) is 11.9. The van der Waals surface area contributed by atoms with Gasteiger partial charge in [0, 0.05) is 30.6 Å². The average molecular weight is 268 g/mol. The third kappa shape index (κ3) is 3.18. The first-order valence-corrected chi connectivity index (χ1v) is 7.73. The van der Waals surface area contributed by atoms with E-state index in [4.69, 9.17) is 0 Å². The summed E-state index contributed by atoms with van der Waals surface area (Å²) < 4.78 is 14.2. The van der Waals surface area contributed by atoms with E-state index in [2.05, 4.69) is 24.1 Å². The first-order valence-electron chi connectivity index (χ1n) is 6.58. The predicted molar refractivity (Wildman–Crippen MR) is 78.0 cm³/mol. The minimum absolute atomic E-state index is 0.0934. The van der Waals surface area contributed by atoms with E-state index < -0.39 is 0 Å². The van der Waals surface area contributed by atoms with Crippen molar-refractivity contribution in [2.45, 2.75) is 19.9 Å². The molecular weight excluding hydrogens is 247 g/mol. The molecule has 0 spiro atoms. The number of halogens is 1. The lowest BCUT2D eigenvalue weighted by atomic mass is 10.1. The van der Waals surface area contributed by atoms with E-state index in [0.717, 1.165) is 42.4 Å². The Bertz CT molecular complexity index is 391. The number of hydrogen-bond acceptors (Lipinski definition) is 3. The monoisotopic (exact) mass is 268 g/mol. The number of thioether (sulfide) groups is 1. The second-order valence-electron chi connectivity index (χ2n) is 4.59. The highest BCUT2D eigenvalue weighted by atomic mass is 32.2. The fourth-order valence-corrected chi connectivity index (χ4v) is 3.18. The summed E-state index contributed by atoms with van der Waals surface area (Å²) in [5.41, 5.74) is 1.77. The quantitative estimate of drug-likeness (QED) is 0.903. The van der Waals surface area contributed by atoms with Gasteiger partial charge in [0.2, 0.25) is 0 Å². The summed E-state index contributed by atoms with van der Waals surface area (Å²) in [5, 5.41) is 3.30. The summed E-state index contributed by atoms with van der Waals surface area (Å²) in [7, 11) is 0. The summed E-state index contributed by atoms with van der Waals surface area (Å²) in [5.74, 6) is 2.09. The fraction of sp³-hybridized carbons (Fsp3) is 0.571. The molecule has 0 aromatic heterocycles. The maximum atomic E-state index is 14.2. The zero-order valence-electron chi connectivity index (χ0n) is 11.1. The molecule has 0 saturated carbocycles. The van der Waals surface area contributed by atoms with Crippen molar-refractivity contribution < 1.29 is 4.39 Å². The fourth-order valence-electron chi connectivity index (χ4n) is 2.28. The highest BCUT2D eigenvalue weighted by molar-refractivity contribution is 7.99. The Hall–Kier alpha value is -0.740. The van der Waals surface area contributed by atoms with Gasteiger partial charge in [-0.15, -0.1) is 0 Å². The van der Waals surface area contributed by atoms with Crippen molar-refractivity contribution in [2.24, 2.45) is 0 Å². The highest BCUT2D eigenvalue weighted by Crippen LogP contribution is 2.25.